The molecule has 7 atom stereocenters. The lowest BCUT2D eigenvalue weighted by Crippen LogP contribution is -2.49. The molecule has 0 heterocycles. The average Bonchev–Trinajstić information content (AvgIpc) is 2.91. The highest BCUT2D eigenvalue weighted by Gasteiger charge is 2.57. The van der Waals surface area contributed by atoms with E-state index in [1.165, 1.54) is 19.4 Å². The Balaban J connectivity index is 1.65. The smallest absolute Gasteiger partial charge is 0.303 e. The second-order valence-corrected chi connectivity index (χ2v) is 9.32. The van der Waals surface area contributed by atoms with E-state index in [9.17, 15) is 14.0 Å². The summed E-state index contributed by atoms with van der Waals surface area (Å²) in [5, 5.41) is 0. The Labute approximate surface area is 160 Å². The molecule has 4 rings (SSSR count). The monoisotopic (exact) mass is 378 g/mol. The van der Waals surface area contributed by atoms with Crippen LogP contribution in [0.5, 0.6) is 0 Å². The van der Waals surface area contributed by atoms with Gasteiger partial charge >= 0.3 is 11.9 Å². The third-order valence-corrected chi connectivity index (χ3v) is 7.87. The minimum Gasteiger partial charge on any atom is -0.462 e. The van der Waals surface area contributed by atoms with Crippen LogP contribution in [-0.2, 0) is 19.1 Å². The van der Waals surface area contributed by atoms with Crippen LogP contribution in [0, 0.1) is 23.2 Å². The zero-order valence-electron chi connectivity index (χ0n) is 16.6. The summed E-state index contributed by atoms with van der Waals surface area (Å²) in [7, 11) is 0. The van der Waals surface area contributed by atoms with E-state index in [0.29, 0.717) is 30.6 Å². The lowest BCUT2D eigenvalue weighted by molar-refractivity contribution is -0.157. The number of hydrogen-bond donors (Lipinski definition) is 0. The molecule has 2 saturated carbocycles. The van der Waals surface area contributed by atoms with Gasteiger partial charge in [-0.05, 0) is 68.3 Å². The number of fused-ring (bicyclic) bond motifs is 4. The maximum atomic E-state index is 14.1. The Morgan fingerprint density at radius 1 is 1.04 bits per heavy atom. The van der Waals surface area contributed by atoms with Crippen molar-refractivity contribution in [3.05, 3.63) is 11.1 Å². The highest BCUT2D eigenvalue weighted by atomic mass is 19.1. The molecule has 2 fully saturated rings. The fraction of sp³-hybridized carbons (Fsp3) is 0.818. The number of allylic oxidation sites excluding steroid dienone is 1. The van der Waals surface area contributed by atoms with Gasteiger partial charge in [0.1, 0.15) is 18.4 Å². The minimum absolute atomic E-state index is 0.00294. The van der Waals surface area contributed by atoms with Crippen LogP contribution in [0.2, 0.25) is 0 Å². The van der Waals surface area contributed by atoms with E-state index in [4.69, 9.17) is 9.47 Å². The summed E-state index contributed by atoms with van der Waals surface area (Å²) in [5.74, 6) is 0.901. The first kappa shape index (κ1) is 18.9. The lowest BCUT2D eigenvalue weighted by atomic mass is 9.53. The molecule has 0 N–H and O–H groups in total. The molecule has 0 saturated heterocycles. The maximum absolute atomic E-state index is 14.1. The third-order valence-electron chi connectivity index (χ3n) is 7.87. The standard InChI is InChI=1S/C22H31FO4/c1-12(24)26-20-11-17-16(15-5-4-14(23)10-18(15)20)8-9-22(3)19(17)6-7-21(22)27-13(2)25/h14,16-17,19-21H,4-11H2,1-3H3/t14-,16+,17+,19-,20+,21-,22-/m0/s1. The van der Waals surface area contributed by atoms with Crippen molar-refractivity contribution in [1.82, 2.24) is 0 Å². The largest absolute Gasteiger partial charge is 0.462 e. The molecule has 0 radical (unpaired) electrons. The van der Waals surface area contributed by atoms with E-state index < -0.39 is 6.17 Å². The van der Waals surface area contributed by atoms with E-state index in [2.05, 4.69) is 6.92 Å². The number of hydrogen-bond acceptors (Lipinski definition) is 4. The molecule has 0 unspecified atom stereocenters. The van der Waals surface area contributed by atoms with Crippen molar-refractivity contribution < 1.29 is 23.5 Å². The predicted molar refractivity (Wildman–Crippen MR) is 98.5 cm³/mol. The van der Waals surface area contributed by atoms with Crippen LogP contribution in [-0.4, -0.2) is 30.3 Å². The summed E-state index contributed by atoms with van der Waals surface area (Å²) in [6, 6.07) is 0. The van der Waals surface area contributed by atoms with E-state index in [-0.39, 0.29) is 29.6 Å². The van der Waals surface area contributed by atoms with Gasteiger partial charge < -0.3 is 9.47 Å². The molecular formula is C22H31FO4. The zero-order chi connectivity index (χ0) is 19.3. The summed E-state index contributed by atoms with van der Waals surface area (Å²) >= 11 is 0. The number of alkyl halides is 1. The van der Waals surface area contributed by atoms with Crippen LogP contribution in [0.15, 0.2) is 11.1 Å². The summed E-state index contributed by atoms with van der Waals surface area (Å²) in [6.45, 7) is 5.21. The Morgan fingerprint density at radius 3 is 2.48 bits per heavy atom. The molecule has 0 bridgehead atoms. The van der Waals surface area contributed by atoms with Crippen LogP contribution in [0.4, 0.5) is 4.39 Å². The van der Waals surface area contributed by atoms with Crippen molar-refractivity contribution >= 4 is 11.9 Å². The van der Waals surface area contributed by atoms with Crippen LogP contribution in [0.3, 0.4) is 0 Å². The maximum Gasteiger partial charge on any atom is 0.303 e. The molecule has 4 aliphatic rings. The zero-order valence-corrected chi connectivity index (χ0v) is 16.6. The van der Waals surface area contributed by atoms with Gasteiger partial charge in [-0.1, -0.05) is 12.5 Å². The van der Waals surface area contributed by atoms with Crippen molar-refractivity contribution in [3.63, 3.8) is 0 Å². The number of carbonyl (C=O) groups is 2. The summed E-state index contributed by atoms with van der Waals surface area (Å²) in [6.07, 6.45) is 5.60. The van der Waals surface area contributed by atoms with Crippen molar-refractivity contribution in [2.45, 2.75) is 90.5 Å². The fourth-order valence-electron chi connectivity index (χ4n) is 6.81. The van der Waals surface area contributed by atoms with Crippen LogP contribution in [0.25, 0.3) is 0 Å². The second-order valence-electron chi connectivity index (χ2n) is 9.32. The molecule has 0 aromatic heterocycles. The van der Waals surface area contributed by atoms with Crippen LogP contribution >= 0.6 is 0 Å². The molecule has 0 aliphatic heterocycles. The minimum atomic E-state index is -0.813. The molecule has 0 amide bonds. The number of rotatable bonds is 2. The normalized spacial score (nSPS) is 43.4. The van der Waals surface area contributed by atoms with Gasteiger partial charge in [-0.3, -0.25) is 9.59 Å². The van der Waals surface area contributed by atoms with E-state index in [1.54, 1.807) is 0 Å². The van der Waals surface area contributed by atoms with E-state index in [0.717, 1.165) is 44.1 Å². The van der Waals surface area contributed by atoms with Gasteiger partial charge in [0.2, 0.25) is 0 Å². The number of halogens is 1. The SMILES string of the molecule is CC(=O)O[C@H]1CC[C@H]2[C@@H]3C[C@@H](OC(C)=O)C4=C(CC[C@H](F)C4)[C@H]3CC[C@]12C. The van der Waals surface area contributed by atoms with Gasteiger partial charge in [-0.25, -0.2) is 4.39 Å². The molecule has 4 aliphatic carbocycles. The van der Waals surface area contributed by atoms with Crippen LogP contribution in [0.1, 0.15) is 72.1 Å². The lowest BCUT2D eigenvalue weighted by Gasteiger charge is -2.53. The summed E-state index contributed by atoms with van der Waals surface area (Å²) in [5.41, 5.74) is 2.45. The molecular weight excluding hydrogens is 347 g/mol. The topological polar surface area (TPSA) is 52.6 Å². The van der Waals surface area contributed by atoms with Gasteiger partial charge in [0.05, 0.1) is 0 Å². The molecule has 5 heteroatoms. The number of carbonyl (C=O) groups excluding carboxylic acids is 2. The van der Waals surface area contributed by atoms with Gasteiger partial charge in [-0.15, -0.1) is 0 Å². The van der Waals surface area contributed by atoms with Gasteiger partial charge in [0.15, 0.2) is 0 Å². The third kappa shape index (κ3) is 3.21. The Kier molecular flexibility index (Phi) is 4.84. The summed E-state index contributed by atoms with van der Waals surface area (Å²) in [4.78, 5) is 23.3. The van der Waals surface area contributed by atoms with Crippen molar-refractivity contribution in [2.24, 2.45) is 23.2 Å². The molecule has 0 aromatic rings. The van der Waals surface area contributed by atoms with Gasteiger partial charge in [-0.2, -0.15) is 0 Å². The number of esters is 2. The highest BCUT2D eigenvalue weighted by Crippen LogP contribution is 2.62. The summed E-state index contributed by atoms with van der Waals surface area (Å²) < 4.78 is 25.5. The molecule has 0 spiro atoms. The quantitative estimate of drug-likeness (QED) is 0.524. The van der Waals surface area contributed by atoms with Crippen molar-refractivity contribution in [2.75, 3.05) is 0 Å². The molecule has 150 valence electrons. The average molecular weight is 378 g/mol. The van der Waals surface area contributed by atoms with Gasteiger partial charge in [0, 0.05) is 25.7 Å². The Bertz CT molecular complexity index is 671. The fourth-order valence-corrected chi connectivity index (χ4v) is 6.81. The first-order valence-corrected chi connectivity index (χ1v) is 10.5. The van der Waals surface area contributed by atoms with E-state index >= 15 is 0 Å². The first-order valence-electron chi connectivity index (χ1n) is 10.5. The Morgan fingerprint density at radius 2 is 1.78 bits per heavy atom. The highest BCUT2D eigenvalue weighted by molar-refractivity contribution is 5.67. The molecule has 27 heavy (non-hydrogen) atoms. The first-order chi connectivity index (χ1) is 12.8. The molecule has 0 aromatic carbocycles. The molecule has 4 nitrogen and oxygen atoms in total. The van der Waals surface area contributed by atoms with Crippen molar-refractivity contribution in [3.8, 4) is 0 Å². The Hall–Kier alpha value is -1.39. The predicted octanol–water partition coefficient (Wildman–Crippen LogP) is 4.51. The van der Waals surface area contributed by atoms with Crippen molar-refractivity contribution in [1.29, 1.82) is 0 Å². The van der Waals surface area contributed by atoms with Gasteiger partial charge in [0.25, 0.3) is 0 Å². The second kappa shape index (κ2) is 6.89. The van der Waals surface area contributed by atoms with Crippen LogP contribution < -0.4 is 0 Å². The number of ether oxygens (including phenoxy) is 2. The van der Waals surface area contributed by atoms with E-state index in [1.807, 2.05) is 0 Å².